The maximum atomic E-state index is 5.67. The lowest BCUT2D eigenvalue weighted by Gasteiger charge is -2.24. The van der Waals surface area contributed by atoms with Crippen LogP contribution >= 0.6 is 12.2 Å². The molecule has 2 N–H and O–H groups in total. The van der Waals surface area contributed by atoms with Crippen molar-refractivity contribution < 1.29 is 4.74 Å². The quantitative estimate of drug-likeness (QED) is 0.695. The summed E-state index contributed by atoms with van der Waals surface area (Å²) in [6.45, 7) is 11.2. The molecule has 0 aliphatic heterocycles. The Labute approximate surface area is 93.2 Å². The van der Waals surface area contributed by atoms with Crippen molar-refractivity contribution in [1.29, 1.82) is 0 Å². The van der Waals surface area contributed by atoms with E-state index in [1.54, 1.807) is 0 Å². The van der Waals surface area contributed by atoms with E-state index in [1.807, 2.05) is 0 Å². The van der Waals surface area contributed by atoms with Crippen molar-refractivity contribution in [3.63, 3.8) is 0 Å². The molecule has 0 aromatic carbocycles. The molecule has 1 atom stereocenters. The monoisotopic (exact) mass is 217 g/mol. The number of rotatable bonds is 6. The van der Waals surface area contributed by atoms with Gasteiger partial charge in [0.15, 0.2) is 0 Å². The molecule has 0 spiro atoms. The molecule has 14 heavy (non-hydrogen) atoms. The number of thiocarbonyl (C=S) groups is 1. The standard InChI is InChI=1S/C11H23NOS/c1-8(2)9(3)13-7-6-11(4,5)10(12)14/h8-9H,6-7H2,1-5H3,(H2,12,14). The molecule has 3 heteroatoms. The van der Waals surface area contributed by atoms with E-state index in [0.717, 1.165) is 13.0 Å². The average molecular weight is 217 g/mol. The van der Waals surface area contributed by atoms with Gasteiger partial charge in [-0.3, -0.25) is 0 Å². The van der Waals surface area contributed by atoms with Crippen LogP contribution in [0.25, 0.3) is 0 Å². The highest BCUT2D eigenvalue weighted by atomic mass is 32.1. The van der Waals surface area contributed by atoms with E-state index in [9.17, 15) is 0 Å². The van der Waals surface area contributed by atoms with Gasteiger partial charge < -0.3 is 10.5 Å². The van der Waals surface area contributed by atoms with E-state index in [4.69, 9.17) is 22.7 Å². The van der Waals surface area contributed by atoms with Gasteiger partial charge in [0.2, 0.25) is 0 Å². The number of ether oxygens (including phenoxy) is 1. The zero-order valence-corrected chi connectivity index (χ0v) is 10.8. The van der Waals surface area contributed by atoms with E-state index in [0.29, 0.717) is 17.0 Å². The number of hydrogen-bond acceptors (Lipinski definition) is 2. The zero-order valence-electron chi connectivity index (χ0n) is 9.96. The molecule has 0 radical (unpaired) electrons. The molecule has 0 fully saturated rings. The third-order valence-corrected chi connectivity index (χ3v) is 3.27. The van der Waals surface area contributed by atoms with Gasteiger partial charge in [-0.05, 0) is 19.3 Å². The third-order valence-electron chi connectivity index (χ3n) is 2.71. The lowest BCUT2D eigenvalue weighted by atomic mass is 9.90. The van der Waals surface area contributed by atoms with Crippen LogP contribution in [0.2, 0.25) is 0 Å². The summed E-state index contributed by atoms with van der Waals surface area (Å²) < 4.78 is 5.67. The van der Waals surface area contributed by atoms with Gasteiger partial charge in [0.1, 0.15) is 0 Å². The summed E-state index contributed by atoms with van der Waals surface area (Å²) in [7, 11) is 0. The zero-order chi connectivity index (χ0) is 11.4. The van der Waals surface area contributed by atoms with Gasteiger partial charge in [0, 0.05) is 12.0 Å². The van der Waals surface area contributed by atoms with Crippen LogP contribution in [0.4, 0.5) is 0 Å². The fourth-order valence-corrected chi connectivity index (χ4v) is 0.918. The summed E-state index contributed by atoms with van der Waals surface area (Å²) in [5.74, 6) is 0.558. The molecule has 0 heterocycles. The Morgan fingerprint density at radius 2 is 1.86 bits per heavy atom. The van der Waals surface area contributed by atoms with Crippen LogP contribution in [0.5, 0.6) is 0 Å². The molecule has 0 aliphatic rings. The van der Waals surface area contributed by atoms with Crippen LogP contribution in [-0.2, 0) is 4.74 Å². The van der Waals surface area contributed by atoms with Gasteiger partial charge >= 0.3 is 0 Å². The van der Waals surface area contributed by atoms with Crippen LogP contribution in [0, 0.1) is 11.3 Å². The Kier molecular flexibility index (Phi) is 5.60. The van der Waals surface area contributed by atoms with Crippen molar-refractivity contribution in [2.24, 2.45) is 17.1 Å². The summed E-state index contributed by atoms with van der Waals surface area (Å²) in [6.07, 6.45) is 1.19. The van der Waals surface area contributed by atoms with Crippen molar-refractivity contribution in [2.45, 2.75) is 47.1 Å². The molecule has 0 aromatic heterocycles. The maximum absolute atomic E-state index is 5.67. The Hall–Kier alpha value is -0.150. The second-order valence-electron chi connectivity index (χ2n) is 4.82. The van der Waals surface area contributed by atoms with Crippen LogP contribution in [0.3, 0.4) is 0 Å². The van der Waals surface area contributed by atoms with Crippen molar-refractivity contribution in [3.05, 3.63) is 0 Å². The minimum Gasteiger partial charge on any atom is -0.393 e. The summed E-state index contributed by atoms with van der Waals surface area (Å²) >= 11 is 4.98. The van der Waals surface area contributed by atoms with E-state index < -0.39 is 0 Å². The normalized spacial score (nSPS) is 14.4. The van der Waals surface area contributed by atoms with Gasteiger partial charge in [-0.15, -0.1) is 0 Å². The van der Waals surface area contributed by atoms with E-state index in [-0.39, 0.29) is 5.41 Å². The summed E-state index contributed by atoms with van der Waals surface area (Å²) in [4.78, 5) is 0.568. The van der Waals surface area contributed by atoms with Crippen LogP contribution in [0.15, 0.2) is 0 Å². The molecule has 84 valence electrons. The molecule has 1 unspecified atom stereocenters. The van der Waals surface area contributed by atoms with Gasteiger partial charge in [0.05, 0.1) is 11.1 Å². The molecule has 0 aliphatic carbocycles. The molecule has 0 amide bonds. The van der Waals surface area contributed by atoms with Crippen molar-refractivity contribution in [1.82, 2.24) is 0 Å². The van der Waals surface area contributed by atoms with E-state index in [1.165, 1.54) is 0 Å². The largest absolute Gasteiger partial charge is 0.393 e. The fraction of sp³-hybridized carbons (Fsp3) is 0.909. The predicted octanol–water partition coefficient (Wildman–Crippen LogP) is 2.75. The summed E-state index contributed by atoms with van der Waals surface area (Å²) in [6, 6.07) is 0. The highest BCUT2D eigenvalue weighted by Gasteiger charge is 2.21. The summed E-state index contributed by atoms with van der Waals surface area (Å²) in [5.41, 5.74) is 5.53. The predicted molar refractivity (Wildman–Crippen MR) is 65.4 cm³/mol. The Balaban J connectivity index is 3.79. The minimum atomic E-state index is -0.0912. The SMILES string of the molecule is CC(C)C(C)OCCC(C)(C)C(N)=S. The topological polar surface area (TPSA) is 35.2 Å². The molecule has 2 nitrogen and oxygen atoms in total. The molecule has 0 aromatic rings. The van der Waals surface area contributed by atoms with Crippen LogP contribution in [0.1, 0.15) is 41.0 Å². The minimum absolute atomic E-state index is 0.0912. The fourth-order valence-electron chi connectivity index (χ4n) is 0.816. The molecule has 0 saturated heterocycles. The molecule has 0 saturated carbocycles. The first-order chi connectivity index (χ1) is 6.27. The van der Waals surface area contributed by atoms with Crippen molar-refractivity contribution in [3.8, 4) is 0 Å². The number of hydrogen-bond donors (Lipinski definition) is 1. The first-order valence-electron chi connectivity index (χ1n) is 5.19. The van der Waals surface area contributed by atoms with Gasteiger partial charge in [-0.25, -0.2) is 0 Å². The lowest BCUT2D eigenvalue weighted by Crippen LogP contribution is -2.31. The summed E-state index contributed by atoms with van der Waals surface area (Å²) in [5, 5.41) is 0. The van der Waals surface area contributed by atoms with E-state index in [2.05, 4.69) is 34.6 Å². The van der Waals surface area contributed by atoms with E-state index >= 15 is 0 Å². The Morgan fingerprint density at radius 3 is 2.21 bits per heavy atom. The highest BCUT2D eigenvalue weighted by molar-refractivity contribution is 7.80. The number of nitrogens with two attached hydrogens (primary N) is 1. The third kappa shape index (κ3) is 4.91. The second-order valence-corrected chi connectivity index (χ2v) is 5.26. The first-order valence-corrected chi connectivity index (χ1v) is 5.59. The van der Waals surface area contributed by atoms with Gasteiger partial charge in [0.25, 0.3) is 0 Å². The van der Waals surface area contributed by atoms with Crippen molar-refractivity contribution >= 4 is 17.2 Å². The first kappa shape index (κ1) is 13.8. The van der Waals surface area contributed by atoms with Gasteiger partial charge in [-0.2, -0.15) is 0 Å². The second kappa shape index (κ2) is 5.66. The van der Waals surface area contributed by atoms with Crippen molar-refractivity contribution in [2.75, 3.05) is 6.61 Å². The lowest BCUT2D eigenvalue weighted by molar-refractivity contribution is 0.0262. The molecular weight excluding hydrogens is 194 g/mol. The molecular formula is C11H23NOS. The highest BCUT2D eigenvalue weighted by Crippen LogP contribution is 2.21. The smallest absolute Gasteiger partial charge is 0.0785 e. The molecule has 0 rings (SSSR count). The molecule has 0 bridgehead atoms. The Bertz CT molecular complexity index is 190. The Morgan fingerprint density at radius 1 is 1.36 bits per heavy atom. The van der Waals surface area contributed by atoms with Crippen LogP contribution in [-0.4, -0.2) is 17.7 Å². The van der Waals surface area contributed by atoms with Gasteiger partial charge in [-0.1, -0.05) is 39.9 Å². The average Bonchev–Trinajstić information content (AvgIpc) is 2.03. The van der Waals surface area contributed by atoms with Crippen LogP contribution < -0.4 is 5.73 Å². The maximum Gasteiger partial charge on any atom is 0.0785 e.